The van der Waals surface area contributed by atoms with Gasteiger partial charge in [0.1, 0.15) is 22.7 Å². The molecule has 0 N–H and O–H groups in total. The molecule has 8 nitrogen and oxygen atoms in total. The zero-order chi connectivity index (χ0) is 94.2. The molecule has 0 aliphatic rings. The summed E-state index contributed by atoms with van der Waals surface area (Å²) < 4.78 is 63.6. The average Bonchev–Trinajstić information content (AvgIpc) is 1.60. The molecule has 0 bridgehead atoms. The van der Waals surface area contributed by atoms with Crippen LogP contribution in [-0.2, 0) is 39.0 Å². The SMILES string of the molecule is Cc1ccccc1-c1n(-c2c(C(C)C)cc(C(C)(C)C)cc2C(C)(C)C)c2ccccc2[n+]1C.Cc1ccccc1-c1n(-c2c(C(C)C)cccc2C(C)C)c2ccccc2[n+]1C.[2H]C(C)(C)c1cc(C([2H])(C)C)c(-n2c(-c3ccccc3C)[n+](C)c3ccccc32)c(C([2H])(C)C)c1.[2H]C(C)(C)c1cccc(C([2H])(C)C)c1-n1c(-c2ccccc2C)[n+](C)c2ccccc21. The third kappa shape index (κ3) is 17.3. The van der Waals surface area contributed by atoms with E-state index in [1.54, 1.807) is 0 Å². The van der Waals surface area contributed by atoms with Crippen LogP contribution in [0.4, 0.5) is 0 Å². The van der Waals surface area contributed by atoms with Gasteiger partial charge in [0.05, 0.1) is 50.4 Å². The number of para-hydroxylation sites is 10. The number of hydrogen-bond acceptors (Lipinski definition) is 0. The van der Waals surface area contributed by atoms with E-state index >= 15 is 0 Å². The molecule has 0 fully saturated rings. The van der Waals surface area contributed by atoms with E-state index in [1.807, 2.05) is 118 Å². The van der Waals surface area contributed by atoms with Crippen LogP contribution in [0.3, 0.4) is 0 Å². The minimum absolute atomic E-state index is 0.00676. The van der Waals surface area contributed by atoms with Crippen LogP contribution in [0.5, 0.6) is 0 Å². The second kappa shape index (κ2) is 36.8. The van der Waals surface area contributed by atoms with E-state index in [-0.39, 0.29) is 10.8 Å². The van der Waals surface area contributed by atoms with Crippen LogP contribution in [0.1, 0.15) is 284 Å². The quantitative estimate of drug-likeness (QED) is 0.0865. The van der Waals surface area contributed by atoms with Crippen LogP contribution >= 0.6 is 0 Å². The molecule has 16 rings (SSSR count). The third-order valence-corrected chi connectivity index (χ3v) is 25.1. The largest absolute Gasteiger partial charge is 0.295 e. The van der Waals surface area contributed by atoms with E-state index in [9.17, 15) is 0 Å². The third-order valence-electron chi connectivity index (χ3n) is 25.1. The number of fused-ring (bicyclic) bond motifs is 4. The molecule has 16 aromatic rings. The number of nitrogens with zero attached hydrogens (tertiary/aromatic N) is 8. The van der Waals surface area contributed by atoms with Crippen molar-refractivity contribution in [2.24, 2.45) is 28.2 Å². The summed E-state index contributed by atoms with van der Waals surface area (Å²) in [4.78, 5) is 0. The minimum atomic E-state index is -0.941. The lowest BCUT2D eigenvalue weighted by Gasteiger charge is -2.29. The molecular weight excluding hydrogens is 1510 g/mol. The van der Waals surface area contributed by atoms with Gasteiger partial charge in [-0.3, -0.25) is 0 Å². The number of aromatic nitrogens is 8. The van der Waals surface area contributed by atoms with Crippen molar-refractivity contribution in [2.75, 3.05) is 0 Å². The van der Waals surface area contributed by atoms with Crippen molar-refractivity contribution >= 4 is 44.1 Å². The first-order valence-corrected chi connectivity index (χ1v) is 44.8. The summed E-state index contributed by atoms with van der Waals surface area (Å²) >= 11 is 0. The normalized spacial score (nSPS) is 13.1. The minimum Gasteiger partial charge on any atom is -0.225 e. The number of imidazole rings is 4. The number of hydrogen-bond donors (Lipinski definition) is 0. The molecule has 640 valence electrons. The Kier molecular flexibility index (Phi) is 24.7. The van der Waals surface area contributed by atoms with Gasteiger partial charge in [0.2, 0.25) is 0 Å². The molecule has 0 spiro atoms. The Labute approximate surface area is 750 Å². The van der Waals surface area contributed by atoms with E-state index in [0.717, 1.165) is 89.6 Å². The van der Waals surface area contributed by atoms with Crippen molar-refractivity contribution in [3.05, 3.63) is 333 Å². The molecule has 4 aromatic heterocycles. The molecule has 8 heteroatoms. The molecule has 12 aromatic carbocycles. The topological polar surface area (TPSA) is 35.2 Å². The fourth-order valence-corrected chi connectivity index (χ4v) is 18.3. The Bertz CT molecular complexity index is 6770. The van der Waals surface area contributed by atoms with Crippen LogP contribution < -0.4 is 18.3 Å². The maximum Gasteiger partial charge on any atom is 0.295 e. The van der Waals surface area contributed by atoms with Crippen LogP contribution in [0.15, 0.2) is 255 Å². The fraction of sp³-hybridized carbons (Fsp3) is 0.345. The Morgan fingerprint density at radius 1 is 0.250 bits per heavy atom. The lowest BCUT2D eigenvalue weighted by molar-refractivity contribution is -0.634. The molecule has 0 unspecified atom stereocenters. The summed E-state index contributed by atoms with van der Waals surface area (Å²) in [5.41, 5.74) is 34.9. The summed E-state index contributed by atoms with van der Waals surface area (Å²) in [7, 11) is 8.57. The van der Waals surface area contributed by atoms with Gasteiger partial charge in [-0.15, -0.1) is 0 Å². The molecule has 0 radical (unpaired) electrons. The summed E-state index contributed by atoms with van der Waals surface area (Å²) in [6.45, 7) is 55.5. The van der Waals surface area contributed by atoms with Gasteiger partial charge >= 0.3 is 0 Å². The number of aryl methyl sites for hydroxylation is 8. The molecule has 0 amide bonds. The van der Waals surface area contributed by atoms with Gasteiger partial charge < -0.3 is 0 Å². The van der Waals surface area contributed by atoms with Gasteiger partial charge in [0, 0.05) is 51.4 Å². The van der Waals surface area contributed by atoms with Crippen LogP contribution in [0, 0.1) is 27.7 Å². The number of rotatable bonds is 16. The highest BCUT2D eigenvalue weighted by Gasteiger charge is 2.39. The molecule has 124 heavy (non-hydrogen) atoms. The highest BCUT2D eigenvalue weighted by molar-refractivity contribution is 5.86. The molecule has 0 atom stereocenters. The highest BCUT2D eigenvalue weighted by Crippen LogP contribution is 2.46. The molecule has 4 heterocycles. The highest BCUT2D eigenvalue weighted by atomic mass is 15.2. The summed E-state index contributed by atoms with van der Waals surface area (Å²) in [5.74, 6) is 1.46. The van der Waals surface area contributed by atoms with Crippen molar-refractivity contribution in [1.82, 2.24) is 18.3 Å². The Hall–Kier alpha value is -11.5. The van der Waals surface area contributed by atoms with Crippen molar-refractivity contribution < 1.29 is 25.1 Å². The Morgan fingerprint density at radius 2 is 0.500 bits per heavy atom. The smallest absolute Gasteiger partial charge is 0.225 e. The zero-order valence-corrected chi connectivity index (χ0v) is 80.1. The second-order valence-corrected chi connectivity index (χ2v) is 38.4. The van der Waals surface area contributed by atoms with Crippen LogP contribution in [0.25, 0.3) is 112 Å². The van der Waals surface area contributed by atoms with Gasteiger partial charge in [-0.2, -0.15) is 18.3 Å². The monoisotopic (exact) mass is 1650 g/mol. The zero-order valence-electron chi connectivity index (χ0n) is 85.1. The summed E-state index contributed by atoms with van der Waals surface area (Å²) in [5, 5.41) is 0. The van der Waals surface area contributed by atoms with Gasteiger partial charge in [-0.05, 0) is 192 Å². The van der Waals surface area contributed by atoms with Gasteiger partial charge in [-0.25, -0.2) is 18.3 Å². The van der Waals surface area contributed by atoms with Crippen molar-refractivity contribution in [1.29, 1.82) is 0 Å². The standard InChI is InChI=1S/C32H41N2.C30H37N2.2C27H31N2/c1-21(2)25-19-23(31(4,5)6)20-26(32(7,8)9)29(25)34-28-18-14-13-17-27(28)33(10)30(34)24-16-12-11-15-22(24)3;1-19(2)23-17-25(20(3)4)29(26(18-23)21(5)6)32-28-16-12-11-15-27(28)31(8)30(32)24-14-10-9-13-22(24)7;2*1-18(2)21-14-11-15-22(19(3)4)26(21)29-25-17-10-9-16-24(25)28(6)27(29)23-13-8-7-12-20(23)5/h11-21H,1-10H3;9-21H,1-8H3;2*7-19H,1-6H3/q4*+1/i;19D,20D,21D;18D,19D;. The van der Waals surface area contributed by atoms with E-state index in [1.165, 1.54) is 101 Å². The van der Waals surface area contributed by atoms with Crippen molar-refractivity contribution in [3.8, 4) is 68.3 Å². The van der Waals surface area contributed by atoms with Crippen molar-refractivity contribution in [2.45, 2.75) is 238 Å². The molecular formula is C116H140N8+4. The number of benzene rings is 12. The van der Waals surface area contributed by atoms with Gasteiger partial charge in [0.25, 0.3) is 23.3 Å². The van der Waals surface area contributed by atoms with Crippen LogP contribution in [0.2, 0.25) is 0 Å². The molecule has 0 aliphatic carbocycles. The van der Waals surface area contributed by atoms with E-state index in [0.29, 0.717) is 17.8 Å². The van der Waals surface area contributed by atoms with E-state index in [2.05, 4.69) is 382 Å². The van der Waals surface area contributed by atoms with Crippen molar-refractivity contribution in [3.63, 3.8) is 0 Å². The Balaban J connectivity index is 0.000000147. The summed E-state index contributed by atoms with van der Waals surface area (Å²) in [6, 6.07) is 90.3. The van der Waals surface area contributed by atoms with E-state index < -0.39 is 29.5 Å². The molecule has 0 aliphatic heterocycles. The lowest BCUT2D eigenvalue weighted by Crippen LogP contribution is -2.31. The average molecular weight is 1650 g/mol. The maximum atomic E-state index is 9.16. The first-order valence-electron chi connectivity index (χ1n) is 47.3. The molecule has 0 saturated carbocycles. The first kappa shape index (κ1) is 83.4. The van der Waals surface area contributed by atoms with Crippen LogP contribution in [-0.4, -0.2) is 18.3 Å². The summed E-state index contributed by atoms with van der Waals surface area (Å²) in [6.07, 6.45) is 0. The van der Waals surface area contributed by atoms with Gasteiger partial charge in [0.15, 0.2) is 44.1 Å². The maximum absolute atomic E-state index is 9.16. The lowest BCUT2D eigenvalue weighted by atomic mass is 9.77. The fourth-order valence-electron chi connectivity index (χ4n) is 18.3. The van der Waals surface area contributed by atoms with E-state index in [4.69, 9.17) is 6.85 Å². The van der Waals surface area contributed by atoms with Gasteiger partial charge in [-0.1, -0.05) is 334 Å². The predicted molar refractivity (Wildman–Crippen MR) is 529 cm³/mol. The second-order valence-electron chi connectivity index (χ2n) is 38.4. The molecule has 0 saturated heterocycles. The first-order chi connectivity index (χ1) is 60.4. The Morgan fingerprint density at radius 3 is 0.758 bits per heavy atom. The predicted octanol–water partition coefficient (Wildman–Crippen LogP) is 29.3.